The van der Waals surface area contributed by atoms with Crippen LogP contribution in [0, 0.1) is 10.1 Å². The Morgan fingerprint density at radius 3 is 2.96 bits per heavy atom. The lowest BCUT2D eigenvalue weighted by Gasteiger charge is -2.13. The molecule has 26 heavy (non-hydrogen) atoms. The Bertz CT molecular complexity index is 997. The SMILES string of the molecule is CCc1cc2c(=O)n(CC(O)COc3cccc([N+](=O)[O-])c3)cnc2s1. The third kappa shape index (κ3) is 3.89. The van der Waals surface area contributed by atoms with Gasteiger partial charge >= 0.3 is 0 Å². The molecule has 3 rings (SSSR count). The third-order valence-electron chi connectivity index (χ3n) is 3.80. The first-order chi connectivity index (χ1) is 12.5. The van der Waals surface area contributed by atoms with E-state index in [1.807, 2.05) is 13.0 Å². The minimum Gasteiger partial charge on any atom is -0.491 e. The normalized spacial score (nSPS) is 12.2. The van der Waals surface area contributed by atoms with Gasteiger partial charge in [0.1, 0.15) is 23.3 Å². The van der Waals surface area contributed by atoms with Gasteiger partial charge < -0.3 is 9.84 Å². The Morgan fingerprint density at radius 1 is 1.42 bits per heavy atom. The van der Waals surface area contributed by atoms with Crippen LogP contribution in [0.2, 0.25) is 0 Å². The van der Waals surface area contributed by atoms with Gasteiger partial charge in [-0.3, -0.25) is 19.5 Å². The highest BCUT2D eigenvalue weighted by atomic mass is 32.1. The standard InChI is InChI=1S/C17H17N3O5S/c1-2-14-7-15-16(26-14)18-10-19(17(15)22)8-12(21)9-25-13-5-3-4-11(6-13)20(23)24/h3-7,10,12,21H,2,8-9H2,1H3. The van der Waals surface area contributed by atoms with E-state index in [1.54, 1.807) is 6.07 Å². The predicted molar refractivity (Wildman–Crippen MR) is 97.9 cm³/mol. The van der Waals surface area contributed by atoms with Gasteiger partial charge in [-0.05, 0) is 18.6 Å². The summed E-state index contributed by atoms with van der Waals surface area (Å²) in [5.41, 5.74) is -0.299. The molecule has 1 unspecified atom stereocenters. The van der Waals surface area contributed by atoms with Crippen LogP contribution in [0.1, 0.15) is 11.8 Å². The molecule has 0 aliphatic carbocycles. The first-order valence-electron chi connectivity index (χ1n) is 8.01. The molecule has 0 saturated carbocycles. The van der Waals surface area contributed by atoms with Crippen LogP contribution in [0.5, 0.6) is 5.75 Å². The highest BCUT2D eigenvalue weighted by molar-refractivity contribution is 7.18. The summed E-state index contributed by atoms with van der Waals surface area (Å²) in [4.78, 5) is 28.8. The lowest BCUT2D eigenvalue weighted by molar-refractivity contribution is -0.384. The predicted octanol–water partition coefficient (Wildman–Crippen LogP) is 2.37. The molecule has 1 aromatic carbocycles. The Morgan fingerprint density at radius 2 is 2.23 bits per heavy atom. The number of ether oxygens (including phenoxy) is 1. The summed E-state index contributed by atoms with van der Waals surface area (Å²) in [5.74, 6) is 0.282. The molecule has 8 nitrogen and oxygen atoms in total. The minimum atomic E-state index is -0.963. The number of aliphatic hydroxyl groups excluding tert-OH is 1. The van der Waals surface area contributed by atoms with Crippen LogP contribution < -0.4 is 10.3 Å². The molecule has 0 amide bonds. The first kappa shape index (κ1) is 18.0. The van der Waals surface area contributed by atoms with Crippen molar-refractivity contribution in [3.8, 4) is 5.75 Å². The Balaban J connectivity index is 1.68. The first-order valence-corrected chi connectivity index (χ1v) is 8.82. The number of nitro groups is 1. The van der Waals surface area contributed by atoms with Crippen molar-refractivity contribution >= 4 is 27.2 Å². The van der Waals surface area contributed by atoms with Crippen molar-refractivity contribution in [3.63, 3.8) is 0 Å². The van der Waals surface area contributed by atoms with Crippen LogP contribution in [0.4, 0.5) is 5.69 Å². The summed E-state index contributed by atoms with van der Waals surface area (Å²) < 4.78 is 6.73. The number of nitro benzene ring substituents is 1. The van der Waals surface area contributed by atoms with E-state index in [1.165, 1.54) is 40.4 Å². The number of aliphatic hydroxyl groups is 1. The number of benzene rings is 1. The average molecular weight is 375 g/mol. The molecule has 1 N–H and O–H groups in total. The fourth-order valence-electron chi connectivity index (χ4n) is 2.47. The molecule has 0 fully saturated rings. The number of thiophene rings is 1. The summed E-state index contributed by atoms with van der Waals surface area (Å²) in [7, 11) is 0. The van der Waals surface area contributed by atoms with Crippen molar-refractivity contribution in [2.75, 3.05) is 6.61 Å². The highest BCUT2D eigenvalue weighted by Gasteiger charge is 2.13. The number of aryl methyl sites for hydroxylation is 1. The zero-order valence-corrected chi connectivity index (χ0v) is 14.8. The molecule has 0 aliphatic heterocycles. The zero-order valence-electron chi connectivity index (χ0n) is 14.0. The maximum absolute atomic E-state index is 12.5. The second-order valence-electron chi connectivity index (χ2n) is 5.71. The number of hydrogen-bond donors (Lipinski definition) is 1. The van der Waals surface area contributed by atoms with E-state index in [9.17, 15) is 20.0 Å². The summed E-state index contributed by atoms with van der Waals surface area (Å²) >= 11 is 1.48. The van der Waals surface area contributed by atoms with E-state index in [2.05, 4.69) is 4.98 Å². The molecule has 2 heterocycles. The Hall–Kier alpha value is -2.78. The molecule has 0 radical (unpaired) electrons. The fourth-order valence-corrected chi connectivity index (χ4v) is 3.40. The molecular weight excluding hydrogens is 358 g/mol. The average Bonchev–Trinajstić information content (AvgIpc) is 3.07. The van der Waals surface area contributed by atoms with Gasteiger partial charge in [-0.15, -0.1) is 11.3 Å². The van der Waals surface area contributed by atoms with E-state index in [0.29, 0.717) is 10.2 Å². The van der Waals surface area contributed by atoms with Gasteiger partial charge in [0, 0.05) is 10.9 Å². The fraction of sp³-hybridized carbons (Fsp3) is 0.294. The second kappa shape index (κ2) is 7.63. The van der Waals surface area contributed by atoms with E-state index < -0.39 is 11.0 Å². The monoisotopic (exact) mass is 375 g/mol. The van der Waals surface area contributed by atoms with E-state index in [4.69, 9.17) is 4.74 Å². The van der Waals surface area contributed by atoms with Crippen LogP contribution in [0.15, 0.2) is 41.5 Å². The minimum absolute atomic E-state index is 0.0218. The van der Waals surface area contributed by atoms with Crippen LogP contribution >= 0.6 is 11.3 Å². The van der Waals surface area contributed by atoms with Crippen LogP contribution in [-0.4, -0.2) is 32.3 Å². The zero-order chi connectivity index (χ0) is 18.7. The summed E-state index contributed by atoms with van der Waals surface area (Å²) in [6.45, 7) is 1.93. The Kier molecular flexibility index (Phi) is 5.29. The lowest BCUT2D eigenvalue weighted by Crippen LogP contribution is -2.30. The number of fused-ring (bicyclic) bond motifs is 1. The number of rotatable bonds is 7. The molecule has 2 aromatic heterocycles. The number of hydrogen-bond acceptors (Lipinski definition) is 7. The van der Waals surface area contributed by atoms with Gasteiger partial charge in [0.15, 0.2) is 0 Å². The van der Waals surface area contributed by atoms with Crippen LogP contribution in [0.25, 0.3) is 10.2 Å². The van der Waals surface area contributed by atoms with Crippen molar-refractivity contribution in [2.24, 2.45) is 0 Å². The van der Waals surface area contributed by atoms with Gasteiger partial charge in [-0.1, -0.05) is 13.0 Å². The third-order valence-corrected chi connectivity index (χ3v) is 4.98. The summed E-state index contributed by atoms with van der Waals surface area (Å²) in [5, 5.41) is 21.4. The van der Waals surface area contributed by atoms with Crippen molar-refractivity contribution < 1.29 is 14.8 Å². The molecule has 0 saturated heterocycles. The number of non-ortho nitro benzene ring substituents is 1. The lowest BCUT2D eigenvalue weighted by atomic mass is 10.3. The van der Waals surface area contributed by atoms with Crippen LogP contribution in [0.3, 0.4) is 0 Å². The number of nitrogens with zero attached hydrogens (tertiary/aromatic N) is 3. The topological polar surface area (TPSA) is 107 Å². The van der Waals surface area contributed by atoms with Gasteiger partial charge in [-0.2, -0.15) is 0 Å². The van der Waals surface area contributed by atoms with Gasteiger partial charge in [0.05, 0.1) is 29.2 Å². The molecule has 0 aliphatic rings. The molecule has 9 heteroatoms. The number of aromatic nitrogens is 2. The van der Waals surface area contributed by atoms with Gasteiger partial charge in [-0.25, -0.2) is 4.98 Å². The second-order valence-corrected chi connectivity index (χ2v) is 6.82. The summed E-state index contributed by atoms with van der Waals surface area (Å²) in [6, 6.07) is 7.54. The van der Waals surface area contributed by atoms with Gasteiger partial charge in [0.25, 0.3) is 11.2 Å². The summed E-state index contributed by atoms with van der Waals surface area (Å²) in [6.07, 6.45) is 1.28. The quantitative estimate of drug-likeness (QED) is 0.502. The molecule has 1 atom stereocenters. The van der Waals surface area contributed by atoms with Crippen LogP contribution in [-0.2, 0) is 13.0 Å². The smallest absolute Gasteiger partial charge is 0.273 e. The molecule has 3 aromatic rings. The van der Waals surface area contributed by atoms with Gasteiger partial charge in [0.2, 0.25) is 0 Å². The molecular formula is C17H17N3O5S. The Labute approximate surface area is 152 Å². The van der Waals surface area contributed by atoms with Crippen molar-refractivity contribution in [1.29, 1.82) is 0 Å². The van der Waals surface area contributed by atoms with E-state index in [0.717, 1.165) is 11.3 Å². The molecule has 0 bridgehead atoms. The maximum Gasteiger partial charge on any atom is 0.273 e. The molecule has 0 spiro atoms. The van der Waals surface area contributed by atoms with E-state index in [-0.39, 0.29) is 30.1 Å². The highest BCUT2D eigenvalue weighted by Crippen LogP contribution is 2.21. The molecule has 136 valence electrons. The maximum atomic E-state index is 12.5. The largest absolute Gasteiger partial charge is 0.491 e. The van der Waals surface area contributed by atoms with Crippen molar-refractivity contribution in [2.45, 2.75) is 26.0 Å². The van der Waals surface area contributed by atoms with Crippen molar-refractivity contribution in [1.82, 2.24) is 9.55 Å². The van der Waals surface area contributed by atoms with E-state index >= 15 is 0 Å². The van der Waals surface area contributed by atoms with Crippen molar-refractivity contribution in [3.05, 3.63) is 62.0 Å².